The average molecular weight is 212 g/mol. The van der Waals surface area contributed by atoms with Crippen LogP contribution in [-0.2, 0) is 4.79 Å². The fourth-order valence-corrected chi connectivity index (χ4v) is 2.38. The van der Waals surface area contributed by atoms with E-state index < -0.39 is 0 Å². The molecule has 3 heteroatoms. The van der Waals surface area contributed by atoms with Gasteiger partial charge in [-0.05, 0) is 25.8 Å². The molecule has 1 N–H and O–H groups in total. The van der Waals surface area contributed by atoms with E-state index in [2.05, 4.69) is 26.1 Å². The van der Waals surface area contributed by atoms with Crippen molar-refractivity contribution >= 4 is 5.91 Å². The number of nitrogens with zero attached hydrogens (tertiary/aromatic N) is 1. The normalized spacial score (nSPS) is 23.5. The van der Waals surface area contributed by atoms with Gasteiger partial charge in [-0.15, -0.1) is 0 Å². The Balaban J connectivity index is 2.33. The monoisotopic (exact) mass is 212 g/mol. The lowest BCUT2D eigenvalue weighted by Gasteiger charge is -2.21. The number of carbonyl (C=O) groups excluding carboxylic acids is 1. The Morgan fingerprint density at radius 1 is 1.53 bits per heavy atom. The molecule has 0 radical (unpaired) electrons. The molecule has 0 aromatic heterocycles. The van der Waals surface area contributed by atoms with Crippen LogP contribution in [0.2, 0.25) is 0 Å². The van der Waals surface area contributed by atoms with Gasteiger partial charge in [0, 0.05) is 25.6 Å². The Bertz CT molecular complexity index is 206. The van der Waals surface area contributed by atoms with Gasteiger partial charge in [0.25, 0.3) is 0 Å². The van der Waals surface area contributed by atoms with E-state index in [9.17, 15) is 4.79 Å². The second kappa shape index (κ2) is 6.11. The summed E-state index contributed by atoms with van der Waals surface area (Å²) in [6.45, 7) is 9.25. The van der Waals surface area contributed by atoms with Crippen molar-refractivity contribution in [3.63, 3.8) is 0 Å². The van der Waals surface area contributed by atoms with E-state index in [-0.39, 0.29) is 0 Å². The summed E-state index contributed by atoms with van der Waals surface area (Å²) >= 11 is 0. The number of rotatable bonds is 6. The molecule has 3 nitrogen and oxygen atoms in total. The first-order valence-corrected chi connectivity index (χ1v) is 6.18. The minimum absolute atomic E-state index is 0.346. The van der Waals surface area contributed by atoms with Crippen LogP contribution < -0.4 is 5.32 Å². The highest BCUT2D eigenvalue weighted by atomic mass is 16.2. The molecule has 1 saturated heterocycles. The topological polar surface area (TPSA) is 32.3 Å². The Kier molecular flexibility index (Phi) is 5.09. The van der Waals surface area contributed by atoms with Crippen molar-refractivity contribution in [1.82, 2.24) is 10.2 Å². The van der Waals surface area contributed by atoms with Crippen molar-refractivity contribution in [2.75, 3.05) is 19.6 Å². The van der Waals surface area contributed by atoms with Crippen molar-refractivity contribution in [1.29, 1.82) is 0 Å². The lowest BCUT2D eigenvalue weighted by molar-refractivity contribution is -0.128. The largest absolute Gasteiger partial charge is 0.341 e. The van der Waals surface area contributed by atoms with Gasteiger partial charge in [0.15, 0.2) is 0 Å². The van der Waals surface area contributed by atoms with Crippen LogP contribution in [0.1, 0.15) is 40.0 Å². The van der Waals surface area contributed by atoms with E-state index in [4.69, 9.17) is 0 Å². The Morgan fingerprint density at radius 3 is 2.87 bits per heavy atom. The molecule has 1 fully saturated rings. The molecule has 1 heterocycles. The van der Waals surface area contributed by atoms with Crippen LogP contribution in [0.5, 0.6) is 0 Å². The summed E-state index contributed by atoms with van der Waals surface area (Å²) in [5, 5.41) is 3.35. The summed E-state index contributed by atoms with van der Waals surface area (Å²) in [4.78, 5) is 13.7. The number of nitrogens with one attached hydrogen (secondary N) is 1. The Morgan fingerprint density at radius 2 is 2.27 bits per heavy atom. The highest BCUT2D eigenvalue weighted by Gasteiger charge is 2.29. The standard InChI is InChI=1S/C12H24N2O/c1-4-6-11-7-12(15)14(9-11)8-10(3)13-5-2/h10-11,13H,4-9H2,1-3H3. The summed E-state index contributed by atoms with van der Waals surface area (Å²) in [6, 6.07) is 0.416. The molecule has 0 aromatic carbocycles. The van der Waals surface area contributed by atoms with Crippen molar-refractivity contribution in [3.8, 4) is 0 Å². The summed E-state index contributed by atoms with van der Waals surface area (Å²) in [6.07, 6.45) is 3.15. The smallest absolute Gasteiger partial charge is 0.222 e. The second-order valence-corrected chi connectivity index (χ2v) is 4.62. The molecular formula is C12H24N2O. The predicted molar refractivity (Wildman–Crippen MR) is 62.7 cm³/mol. The molecule has 1 rings (SSSR count). The van der Waals surface area contributed by atoms with Crippen LogP contribution in [0.4, 0.5) is 0 Å². The van der Waals surface area contributed by atoms with Gasteiger partial charge in [0.05, 0.1) is 0 Å². The third-order valence-electron chi connectivity index (χ3n) is 3.04. The van der Waals surface area contributed by atoms with Crippen LogP contribution in [-0.4, -0.2) is 36.5 Å². The van der Waals surface area contributed by atoms with Gasteiger partial charge in [-0.25, -0.2) is 0 Å². The maximum absolute atomic E-state index is 11.7. The van der Waals surface area contributed by atoms with Crippen molar-refractivity contribution < 1.29 is 4.79 Å². The molecule has 0 bridgehead atoms. The van der Waals surface area contributed by atoms with Crippen LogP contribution in [0.15, 0.2) is 0 Å². The zero-order valence-corrected chi connectivity index (χ0v) is 10.3. The summed E-state index contributed by atoms with van der Waals surface area (Å²) in [7, 11) is 0. The van der Waals surface area contributed by atoms with E-state index in [1.807, 2.05) is 4.90 Å². The number of likely N-dealkylation sites (tertiary alicyclic amines) is 1. The molecule has 1 aliphatic heterocycles. The summed E-state index contributed by atoms with van der Waals surface area (Å²) in [5.74, 6) is 0.953. The van der Waals surface area contributed by atoms with E-state index in [1.165, 1.54) is 12.8 Å². The van der Waals surface area contributed by atoms with Gasteiger partial charge in [-0.1, -0.05) is 20.3 Å². The molecule has 15 heavy (non-hydrogen) atoms. The molecule has 2 unspecified atom stereocenters. The predicted octanol–water partition coefficient (Wildman–Crippen LogP) is 1.63. The minimum Gasteiger partial charge on any atom is -0.341 e. The zero-order valence-electron chi connectivity index (χ0n) is 10.3. The van der Waals surface area contributed by atoms with Crippen molar-refractivity contribution in [3.05, 3.63) is 0 Å². The lowest BCUT2D eigenvalue weighted by Crippen LogP contribution is -2.39. The third-order valence-corrected chi connectivity index (χ3v) is 3.04. The van der Waals surface area contributed by atoms with Gasteiger partial charge < -0.3 is 10.2 Å². The molecule has 0 saturated carbocycles. The maximum atomic E-state index is 11.7. The molecule has 2 atom stereocenters. The van der Waals surface area contributed by atoms with E-state index in [0.29, 0.717) is 17.9 Å². The maximum Gasteiger partial charge on any atom is 0.222 e. The Labute approximate surface area is 93.2 Å². The number of hydrogen-bond donors (Lipinski definition) is 1. The quantitative estimate of drug-likeness (QED) is 0.726. The summed E-state index contributed by atoms with van der Waals surface area (Å²) < 4.78 is 0. The highest BCUT2D eigenvalue weighted by Crippen LogP contribution is 2.21. The van der Waals surface area contributed by atoms with E-state index in [1.54, 1.807) is 0 Å². The van der Waals surface area contributed by atoms with Crippen LogP contribution in [0, 0.1) is 5.92 Å². The van der Waals surface area contributed by atoms with Gasteiger partial charge in [0.1, 0.15) is 0 Å². The van der Waals surface area contributed by atoms with E-state index in [0.717, 1.165) is 26.1 Å². The van der Waals surface area contributed by atoms with Gasteiger partial charge in [-0.2, -0.15) is 0 Å². The fourth-order valence-electron chi connectivity index (χ4n) is 2.38. The Hall–Kier alpha value is -0.570. The van der Waals surface area contributed by atoms with Crippen LogP contribution in [0.25, 0.3) is 0 Å². The molecule has 0 aliphatic carbocycles. The number of carbonyl (C=O) groups is 1. The number of hydrogen-bond acceptors (Lipinski definition) is 2. The summed E-state index contributed by atoms with van der Waals surface area (Å²) in [5.41, 5.74) is 0. The van der Waals surface area contributed by atoms with E-state index >= 15 is 0 Å². The van der Waals surface area contributed by atoms with Crippen LogP contribution >= 0.6 is 0 Å². The molecular weight excluding hydrogens is 188 g/mol. The zero-order chi connectivity index (χ0) is 11.3. The first-order valence-electron chi connectivity index (χ1n) is 6.18. The number of amides is 1. The molecule has 1 aliphatic rings. The molecule has 1 amide bonds. The first-order chi connectivity index (χ1) is 7.17. The van der Waals surface area contributed by atoms with Crippen LogP contribution in [0.3, 0.4) is 0 Å². The average Bonchev–Trinajstić information content (AvgIpc) is 2.48. The SMILES string of the molecule is CCCC1CC(=O)N(CC(C)NCC)C1. The molecule has 88 valence electrons. The highest BCUT2D eigenvalue weighted by molar-refractivity contribution is 5.78. The third kappa shape index (κ3) is 3.82. The molecule has 0 spiro atoms. The van der Waals surface area contributed by atoms with Gasteiger partial charge in [-0.3, -0.25) is 4.79 Å². The van der Waals surface area contributed by atoms with Crippen molar-refractivity contribution in [2.24, 2.45) is 5.92 Å². The van der Waals surface area contributed by atoms with Crippen molar-refractivity contribution in [2.45, 2.75) is 46.1 Å². The fraction of sp³-hybridized carbons (Fsp3) is 0.917. The van der Waals surface area contributed by atoms with Gasteiger partial charge >= 0.3 is 0 Å². The minimum atomic E-state index is 0.346. The molecule has 0 aromatic rings. The lowest BCUT2D eigenvalue weighted by atomic mass is 10.0. The number of likely N-dealkylation sites (N-methyl/N-ethyl adjacent to an activating group) is 1. The van der Waals surface area contributed by atoms with Gasteiger partial charge in [0.2, 0.25) is 5.91 Å². The second-order valence-electron chi connectivity index (χ2n) is 4.62. The first kappa shape index (κ1) is 12.5.